The Morgan fingerprint density at radius 3 is 2.62 bits per heavy atom. The number of aliphatic carboxylic acids is 1. The van der Waals surface area contributed by atoms with Crippen LogP contribution < -0.4 is 5.32 Å². The van der Waals surface area contributed by atoms with Gasteiger partial charge in [-0.2, -0.15) is 0 Å². The van der Waals surface area contributed by atoms with Crippen molar-refractivity contribution in [2.45, 2.75) is 38.6 Å². The second kappa shape index (κ2) is 6.26. The summed E-state index contributed by atoms with van der Waals surface area (Å²) in [7, 11) is 0. The fourth-order valence-corrected chi connectivity index (χ4v) is 2.92. The highest BCUT2D eigenvalue weighted by molar-refractivity contribution is 7.13. The summed E-state index contributed by atoms with van der Waals surface area (Å²) in [5, 5.41) is 15.2. The van der Waals surface area contributed by atoms with Crippen LogP contribution in [0.15, 0.2) is 35.7 Å². The van der Waals surface area contributed by atoms with Crippen LogP contribution in [-0.2, 0) is 10.2 Å². The third kappa shape index (κ3) is 3.42. The zero-order valence-corrected chi connectivity index (χ0v) is 13.3. The van der Waals surface area contributed by atoms with Gasteiger partial charge in [-0.1, -0.05) is 37.3 Å². The zero-order valence-electron chi connectivity index (χ0n) is 12.5. The van der Waals surface area contributed by atoms with Gasteiger partial charge in [0.25, 0.3) is 0 Å². The van der Waals surface area contributed by atoms with Crippen LogP contribution in [0, 0.1) is 0 Å². The Hall–Kier alpha value is -1.88. The summed E-state index contributed by atoms with van der Waals surface area (Å²) in [6.07, 6.45) is 0.932. The molecule has 4 nitrogen and oxygen atoms in total. The Labute approximate surface area is 128 Å². The van der Waals surface area contributed by atoms with Crippen molar-refractivity contribution < 1.29 is 9.90 Å². The number of nitrogens with zero attached hydrogens (tertiary/aromatic N) is 1. The second-order valence-electron chi connectivity index (χ2n) is 5.48. The predicted octanol–water partition coefficient (Wildman–Crippen LogP) is 4.07. The van der Waals surface area contributed by atoms with Crippen molar-refractivity contribution in [3.05, 3.63) is 47.0 Å². The number of carboxylic acid groups (broad SMARTS) is 1. The average Bonchev–Trinajstić information content (AvgIpc) is 2.94. The lowest BCUT2D eigenvalue weighted by Gasteiger charge is -2.18. The van der Waals surface area contributed by atoms with E-state index in [9.17, 15) is 9.90 Å². The molecule has 1 heterocycles. The third-order valence-corrected chi connectivity index (χ3v) is 4.36. The maximum Gasteiger partial charge on any atom is 0.315 e. The molecule has 0 spiro atoms. The van der Waals surface area contributed by atoms with E-state index in [1.165, 1.54) is 16.9 Å². The number of carboxylic acids is 1. The molecule has 0 saturated carbocycles. The first-order valence-electron chi connectivity index (χ1n) is 6.96. The maximum absolute atomic E-state index is 11.3. The number of carbonyl (C=O) groups is 1. The van der Waals surface area contributed by atoms with Crippen LogP contribution in [0.25, 0.3) is 0 Å². The maximum atomic E-state index is 11.3. The Morgan fingerprint density at radius 2 is 2.05 bits per heavy atom. The molecule has 1 aromatic carbocycles. The summed E-state index contributed by atoms with van der Waals surface area (Å²) >= 11 is 1.45. The normalized spacial score (nSPS) is 12.9. The van der Waals surface area contributed by atoms with Crippen LogP contribution in [-0.4, -0.2) is 16.1 Å². The molecule has 0 aliphatic rings. The average molecular weight is 304 g/mol. The first-order chi connectivity index (χ1) is 9.95. The van der Waals surface area contributed by atoms with Gasteiger partial charge in [-0.05, 0) is 25.8 Å². The van der Waals surface area contributed by atoms with Crippen molar-refractivity contribution in [3.8, 4) is 0 Å². The zero-order chi connectivity index (χ0) is 15.5. The highest BCUT2D eigenvalue weighted by Gasteiger charge is 2.32. The van der Waals surface area contributed by atoms with Gasteiger partial charge in [-0.25, -0.2) is 4.98 Å². The Morgan fingerprint density at radius 1 is 1.38 bits per heavy atom. The molecule has 21 heavy (non-hydrogen) atoms. The summed E-state index contributed by atoms with van der Waals surface area (Å²) in [5.41, 5.74) is 0.824. The lowest BCUT2D eigenvalue weighted by atomic mass is 9.90. The van der Waals surface area contributed by atoms with Crippen LogP contribution in [0.1, 0.15) is 44.5 Å². The highest BCUT2D eigenvalue weighted by Crippen LogP contribution is 2.30. The Bertz CT molecular complexity index is 608. The molecule has 1 atom stereocenters. The van der Waals surface area contributed by atoms with E-state index in [0.717, 1.165) is 11.6 Å². The fourth-order valence-electron chi connectivity index (χ4n) is 1.99. The number of hydrogen-bond donors (Lipinski definition) is 2. The number of rotatable bonds is 6. The summed E-state index contributed by atoms with van der Waals surface area (Å²) in [5.74, 6) is -0.866. The van der Waals surface area contributed by atoms with Gasteiger partial charge in [-0.15, -0.1) is 11.3 Å². The summed E-state index contributed by atoms with van der Waals surface area (Å²) in [6, 6.07) is 10.4. The van der Waals surface area contributed by atoms with Crippen LogP contribution in [0.2, 0.25) is 0 Å². The van der Waals surface area contributed by atoms with Gasteiger partial charge in [0.05, 0.1) is 11.7 Å². The molecular formula is C16H20N2O2S. The van der Waals surface area contributed by atoms with E-state index < -0.39 is 11.4 Å². The van der Waals surface area contributed by atoms with Gasteiger partial charge in [-0.3, -0.25) is 4.79 Å². The van der Waals surface area contributed by atoms with E-state index in [1.807, 2.05) is 23.6 Å². The molecule has 2 rings (SSSR count). The molecule has 1 aromatic heterocycles. The molecule has 0 aliphatic carbocycles. The Kier molecular flexibility index (Phi) is 4.63. The van der Waals surface area contributed by atoms with Crippen LogP contribution >= 0.6 is 11.3 Å². The minimum absolute atomic E-state index is 0.179. The molecule has 0 radical (unpaired) electrons. The number of hydrogen-bond acceptors (Lipinski definition) is 4. The van der Waals surface area contributed by atoms with E-state index in [1.54, 1.807) is 13.8 Å². The summed E-state index contributed by atoms with van der Waals surface area (Å²) in [4.78, 5) is 15.7. The van der Waals surface area contributed by atoms with Crippen molar-refractivity contribution >= 4 is 22.4 Å². The van der Waals surface area contributed by atoms with Gasteiger partial charge < -0.3 is 10.4 Å². The highest BCUT2D eigenvalue weighted by atomic mass is 32.1. The molecule has 5 heteroatoms. The minimum atomic E-state index is -0.967. The lowest BCUT2D eigenvalue weighted by molar-refractivity contribution is -0.142. The van der Waals surface area contributed by atoms with E-state index in [0.29, 0.717) is 5.69 Å². The van der Waals surface area contributed by atoms with E-state index in [-0.39, 0.29) is 6.04 Å². The molecule has 2 aromatic rings. The largest absolute Gasteiger partial charge is 0.481 e. The van der Waals surface area contributed by atoms with E-state index in [4.69, 9.17) is 0 Å². The predicted molar refractivity (Wildman–Crippen MR) is 85.9 cm³/mol. The van der Waals surface area contributed by atoms with E-state index in [2.05, 4.69) is 29.4 Å². The number of benzene rings is 1. The van der Waals surface area contributed by atoms with Crippen LogP contribution in [0.5, 0.6) is 0 Å². The van der Waals surface area contributed by atoms with Crippen molar-refractivity contribution in [2.24, 2.45) is 0 Å². The molecule has 112 valence electrons. The number of aromatic nitrogens is 1. The standard InChI is InChI=1S/C16H20N2O2S/c1-4-12(11-8-6-5-7-9-11)17-15-18-13(10-21-15)16(2,3)14(19)20/h5-10,12H,4H2,1-3H3,(H,17,18)(H,19,20). The van der Waals surface area contributed by atoms with E-state index >= 15 is 0 Å². The van der Waals surface area contributed by atoms with Gasteiger partial charge in [0.1, 0.15) is 5.41 Å². The Balaban J connectivity index is 2.17. The number of thiazole rings is 1. The summed E-state index contributed by atoms with van der Waals surface area (Å²) < 4.78 is 0. The van der Waals surface area contributed by atoms with Crippen LogP contribution in [0.3, 0.4) is 0 Å². The molecule has 0 fully saturated rings. The molecule has 1 unspecified atom stereocenters. The number of nitrogens with one attached hydrogen (secondary N) is 1. The van der Waals surface area contributed by atoms with Crippen molar-refractivity contribution in [1.82, 2.24) is 4.98 Å². The van der Waals surface area contributed by atoms with Gasteiger partial charge in [0.15, 0.2) is 5.13 Å². The van der Waals surface area contributed by atoms with Crippen molar-refractivity contribution in [3.63, 3.8) is 0 Å². The minimum Gasteiger partial charge on any atom is -0.481 e. The quantitative estimate of drug-likeness (QED) is 0.844. The SMILES string of the molecule is CCC(Nc1nc(C(C)(C)C(=O)O)cs1)c1ccccc1. The first-order valence-corrected chi connectivity index (χ1v) is 7.84. The molecule has 0 bridgehead atoms. The smallest absolute Gasteiger partial charge is 0.315 e. The third-order valence-electron chi connectivity index (χ3n) is 3.59. The topological polar surface area (TPSA) is 62.2 Å². The molecule has 0 aliphatic heterocycles. The number of anilines is 1. The van der Waals surface area contributed by atoms with Gasteiger partial charge in [0, 0.05) is 5.38 Å². The molecule has 0 saturated heterocycles. The fraction of sp³-hybridized carbons (Fsp3) is 0.375. The first kappa shape index (κ1) is 15.5. The molecular weight excluding hydrogens is 284 g/mol. The lowest BCUT2D eigenvalue weighted by Crippen LogP contribution is -2.28. The van der Waals surface area contributed by atoms with Gasteiger partial charge >= 0.3 is 5.97 Å². The molecule has 0 amide bonds. The van der Waals surface area contributed by atoms with Crippen LogP contribution in [0.4, 0.5) is 5.13 Å². The molecule has 2 N–H and O–H groups in total. The monoisotopic (exact) mass is 304 g/mol. The van der Waals surface area contributed by atoms with Crippen molar-refractivity contribution in [1.29, 1.82) is 0 Å². The van der Waals surface area contributed by atoms with Gasteiger partial charge in [0.2, 0.25) is 0 Å². The summed E-state index contributed by atoms with van der Waals surface area (Å²) in [6.45, 7) is 5.45. The van der Waals surface area contributed by atoms with Crippen molar-refractivity contribution in [2.75, 3.05) is 5.32 Å². The second-order valence-corrected chi connectivity index (χ2v) is 6.34.